The number of hydrogen-bond acceptors (Lipinski definition) is 2. The second-order valence-corrected chi connectivity index (χ2v) is 6.41. The van der Waals surface area contributed by atoms with E-state index in [0.29, 0.717) is 11.5 Å². The Hall–Kier alpha value is -0.0800. The summed E-state index contributed by atoms with van der Waals surface area (Å²) in [5.74, 6) is 1.02. The van der Waals surface area contributed by atoms with Gasteiger partial charge in [-0.3, -0.25) is 4.84 Å². The smallest absolute Gasteiger partial charge is 0.0762 e. The molecule has 0 aromatic heterocycles. The van der Waals surface area contributed by atoms with Crippen LogP contribution in [0.4, 0.5) is 0 Å². The number of rotatable bonds is 11. The highest BCUT2D eigenvalue weighted by atomic mass is 16.7. The van der Waals surface area contributed by atoms with Crippen LogP contribution < -0.4 is 5.48 Å². The molecule has 2 nitrogen and oxygen atoms in total. The molecule has 1 rings (SSSR count). The van der Waals surface area contributed by atoms with E-state index in [4.69, 9.17) is 4.84 Å². The van der Waals surface area contributed by atoms with Gasteiger partial charge in [0, 0.05) is 7.05 Å². The fourth-order valence-corrected chi connectivity index (χ4v) is 3.15. The second-order valence-electron chi connectivity index (χ2n) is 6.41. The molecule has 0 aliphatic heterocycles. The predicted octanol–water partition coefficient (Wildman–Crippen LogP) is 4.69. The van der Waals surface area contributed by atoms with E-state index in [1.807, 2.05) is 7.05 Å². The first-order valence-electron chi connectivity index (χ1n) is 7.94. The summed E-state index contributed by atoms with van der Waals surface area (Å²) in [4.78, 5) is 5.38. The first-order valence-corrected chi connectivity index (χ1v) is 7.94. The van der Waals surface area contributed by atoms with E-state index in [1.165, 1.54) is 57.8 Å². The molecule has 0 heterocycles. The number of hydroxylamine groups is 1. The van der Waals surface area contributed by atoms with Crippen molar-refractivity contribution >= 4 is 0 Å². The summed E-state index contributed by atoms with van der Waals surface area (Å²) in [5.41, 5.74) is 3.41. The molecule has 0 bridgehead atoms. The van der Waals surface area contributed by atoms with Crippen molar-refractivity contribution in [3.05, 3.63) is 0 Å². The minimum Gasteiger partial charge on any atom is -0.299 e. The molecule has 0 aromatic carbocycles. The highest BCUT2D eigenvalue weighted by Gasteiger charge is 2.40. The van der Waals surface area contributed by atoms with Crippen molar-refractivity contribution in [2.45, 2.75) is 84.7 Å². The molecular weight excluding hydrogens is 222 g/mol. The van der Waals surface area contributed by atoms with Crippen molar-refractivity contribution in [1.82, 2.24) is 5.48 Å². The van der Waals surface area contributed by atoms with Crippen LogP contribution >= 0.6 is 0 Å². The zero-order valence-electron chi connectivity index (χ0n) is 12.9. The fraction of sp³-hybridized carbons (Fsp3) is 1.00. The monoisotopic (exact) mass is 255 g/mol. The SMILES string of the molecule is CCCCCC(C)(CCC[C@@H](C)ONC)C1CC1. The minimum atomic E-state index is 0.342. The van der Waals surface area contributed by atoms with Gasteiger partial charge in [-0.2, -0.15) is 0 Å². The molecule has 0 spiro atoms. The lowest BCUT2D eigenvalue weighted by molar-refractivity contribution is -0.00833. The van der Waals surface area contributed by atoms with Crippen LogP contribution in [0.2, 0.25) is 0 Å². The van der Waals surface area contributed by atoms with E-state index in [-0.39, 0.29) is 0 Å². The minimum absolute atomic E-state index is 0.342. The van der Waals surface area contributed by atoms with Gasteiger partial charge in [0.15, 0.2) is 0 Å². The molecule has 1 N–H and O–H groups in total. The van der Waals surface area contributed by atoms with Gasteiger partial charge in [0.2, 0.25) is 0 Å². The van der Waals surface area contributed by atoms with Gasteiger partial charge in [0.1, 0.15) is 0 Å². The highest BCUT2D eigenvalue weighted by Crippen LogP contribution is 2.51. The Morgan fingerprint density at radius 1 is 1.22 bits per heavy atom. The number of unbranched alkanes of at least 4 members (excludes halogenated alkanes) is 2. The van der Waals surface area contributed by atoms with Crippen molar-refractivity contribution in [1.29, 1.82) is 0 Å². The molecule has 1 saturated carbocycles. The standard InChI is InChI=1S/C16H33NO/c1-5-6-7-12-16(3,15-10-11-15)13-8-9-14(2)18-17-4/h14-15,17H,5-13H2,1-4H3/t14-,16?/m1/s1. The molecule has 1 unspecified atom stereocenters. The molecular formula is C16H33NO. The summed E-state index contributed by atoms with van der Waals surface area (Å²) in [7, 11) is 1.84. The Kier molecular flexibility index (Phi) is 7.25. The van der Waals surface area contributed by atoms with E-state index in [0.717, 1.165) is 5.92 Å². The third-order valence-electron chi connectivity index (χ3n) is 4.59. The fourth-order valence-electron chi connectivity index (χ4n) is 3.15. The second kappa shape index (κ2) is 8.16. The summed E-state index contributed by atoms with van der Waals surface area (Å²) in [5, 5.41) is 0. The van der Waals surface area contributed by atoms with Crippen molar-refractivity contribution in [2.75, 3.05) is 7.05 Å². The topological polar surface area (TPSA) is 21.3 Å². The Morgan fingerprint density at radius 3 is 2.44 bits per heavy atom. The quantitative estimate of drug-likeness (QED) is 0.427. The molecule has 1 aliphatic carbocycles. The number of nitrogens with one attached hydrogen (secondary N) is 1. The van der Waals surface area contributed by atoms with E-state index >= 15 is 0 Å². The lowest BCUT2D eigenvalue weighted by Crippen LogP contribution is -2.21. The van der Waals surface area contributed by atoms with Gasteiger partial charge in [-0.05, 0) is 50.4 Å². The molecule has 2 heteroatoms. The van der Waals surface area contributed by atoms with Crippen LogP contribution in [0.25, 0.3) is 0 Å². The van der Waals surface area contributed by atoms with E-state index in [2.05, 4.69) is 26.3 Å². The zero-order chi connectivity index (χ0) is 13.4. The summed E-state index contributed by atoms with van der Waals surface area (Å²) >= 11 is 0. The Morgan fingerprint density at radius 2 is 1.89 bits per heavy atom. The zero-order valence-corrected chi connectivity index (χ0v) is 12.9. The third kappa shape index (κ3) is 5.71. The van der Waals surface area contributed by atoms with Gasteiger partial charge >= 0.3 is 0 Å². The van der Waals surface area contributed by atoms with Gasteiger partial charge in [-0.15, -0.1) is 0 Å². The van der Waals surface area contributed by atoms with Gasteiger partial charge in [-0.1, -0.05) is 39.5 Å². The molecule has 0 radical (unpaired) electrons. The van der Waals surface area contributed by atoms with Crippen molar-refractivity contribution in [3.63, 3.8) is 0 Å². The maximum atomic E-state index is 5.38. The molecule has 2 atom stereocenters. The predicted molar refractivity (Wildman–Crippen MR) is 78.4 cm³/mol. The van der Waals surface area contributed by atoms with Crippen LogP contribution in [0.15, 0.2) is 0 Å². The third-order valence-corrected chi connectivity index (χ3v) is 4.59. The van der Waals surface area contributed by atoms with Gasteiger partial charge in [-0.25, -0.2) is 5.48 Å². The summed E-state index contributed by atoms with van der Waals surface area (Å²) in [6, 6.07) is 0. The van der Waals surface area contributed by atoms with Crippen molar-refractivity contribution < 1.29 is 4.84 Å². The van der Waals surface area contributed by atoms with Crippen molar-refractivity contribution in [3.8, 4) is 0 Å². The molecule has 1 aliphatic rings. The molecule has 1 fully saturated rings. The Labute approximate surface area is 114 Å². The average molecular weight is 255 g/mol. The summed E-state index contributed by atoms with van der Waals surface area (Å²) < 4.78 is 0. The van der Waals surface area contributed by atoms with Crippen LogP contribution in [0.5, 0.6) is 0 Å². The molecule has 0 aromatic rings. The normalized spacial score (nSPS) is 20.7. The summed E-state index contributed by atoms with van der Waals surface area (Å²) in [6.07, 6.45) is 12.8. The van der Waals surface area contributed by atoms with Gasteiger partial charge in [0.05, 0.1) is 6.10 Å². The molecule has 0 saturated heterocycles. The van der Waals surface area contributed by atoms with Crippen LogP contribution in [0.3, 0.4) is 0 Å². The van der Waals surface area contributed by atoms with E-state index < -0.39 is 0 Å². The largest absolute Gasteiger partial charge is 0.299 e. The van der Waals surface area contributed by atoms with Crippen LogP contribution in [-0.2, 0) is 4.84 Å². The number of hydrogen-bond donors (Lipinski definition) is 1. The summed E-state index contributed by atoms with van der Waals surface area (Å²) in [6.45, 7) is 6.98. The Bertz CT molecular complexity index is 215. The first-order chi connectivity index (χ1) is 8.62. The van der Waals surface area contributed by atoms with Gasteiger partial charge in [0.25, 0.3) is 0 Å². The maximum absolute atomic E-state index is 5.38. The van der Waals surface area contributed by atoms with Crippen LogP contribution in [-0.4, -0.2) is 13.2 Å². The molecule has 18 heavy (non-hydrogen) atoms. The van der Waals surface area contributed by atoms with Gasteiger partial charge < -0.3 is 0 Å². The van der Waals surface area contributed by atoms with Crippen molar-refractivity contribution in [2.24, 2.45) is 11.3 Å². The molecule has 108 valence electrons. The van der Waals surface area contributed by atoms with E-state index in [1.54, 1.807) is 0 Å². The Balaban J connectivity index is 2.24. The first kappa shape index (κ1) is 16.0. The highest BCUT2D eigenvalue weighted by molar-refractivity contribution is 4.90. The lowest BCUT2D eigenvalue weighted by atomic mass is 9.75. The lowest BCUT2D eigenvalue weighted by Gasteiger charge is -2.30. The maximum Gasteiger partial charge on any atom is 0.0762 e. The van der Waals surface area contributed by atoms with Crippen LogP contribution in [0, 0.1) is 11.3 Å². The molecule has 0 amide bonds. The van der Waals surface area contributed by atoms with E-state index in [9.17, 15) is 0 Å². The van der Waals surface area contributed by atoms with Crippen LogP contribution in [0.1, 0.15) is 78.6 Å². The average Bonchev–Trinajstić information content (AvgIpc) is 3.14.